The molecule has 1 aromatic rings. The van der Waals surface area contributed by atoms with E-state index in [2.05, 4.69) is 10.5 Å². The lowest BCUT2D eigenvalue weighted by molar-refractivity contribution is -0.143. The first kappa shape index (κ1) is 12.7. The molecule has 0 bridgehead atoms. The van der Waals surface area contributed by atoms with Crippen molar-refractivity contribution in [1.82, 2.24) is 10.5 Å². The van der Waals surface area contributed by atoms with Crippen molar-refractivity contribution in [2.45, 2.75) is 12.0 Å². The fourth-order valence-corrected chi connectivity index (χ4v) is 2.95. The van der Waals surface area contributed by atoms with E-state index in [1.807, 2.05) is 0 Å². The molecule has 0 radical (unpaired) electrons. The molecule has 1 aromatic heterocycles. The molecule has 0 aliphatic carbocycles. The second-order valence-corrected chi connectivity index (χ2v) is 4.98. The quantitative estimate of drug-likeness (QED) is 0.816. The fourth-order valence-electron chi connectivity index (χ4n) is 1.63. The second kappa shape index (κ2) is 4.89. The highest BCUT2D eigenvalue weighted by atomic mass is 32.2. The number of carboxylic acids is 1. The summed E-state index contributed by atoms with van der Waals surface area (Å²) in [6.07, 6.45) is 0.393. The molecule has 98 valence electrons. The molecule has 0 saturated carbocycles. The SMILES string of the molecule is COc1cc(C(=O)NC2(C(=O)O)CCSC2)on1. The predicted molar refractivity (Wildman–Crippen MR) is 62.8 cm³/mol. The minimum atomic E-state index is -1.22. The lowest BCUT2D eigenvalue weighted by Gasteiger charge is -2.23. The molecular weight excluding hydrogens is 260 g/mol. The van der Waals surface area contributed by atoms with Gasteiger partial charge in [0.2, 0.25) is 5.76 Å². The molecule has 18 heavy (non-hydrogen) atoms. The average molecular weight is 272 g/mol. The molecule has 1 aliphatic heterocycles. The summed E-state index contributed by atoms with van der Waals surface area (Å²) in [6.45, 7) is 0. The van der Waals surface area contributed by atoms with Crippen molar-refractivity contribution >= 4 is 23.6 Å². The minimum absolute atomic E-state index is 0.0654. The maximum Gasteiger partial charge on any atom is 0.330 e. The zero-order valence-corrected chi connectivity index (χ0v) is 10.5. The Labute approximate surface area is 107 Å². The van der Waals surface area contributed by atoms with Crippen molar-refractivity contribution < 1.29 is 24.0 Å². The highest BCUT2D eigenvalue weighted by molar-refractivity contribution is 7.99. The van der Waals surface area contributed by atoms with Crippen LogP contribution in [0, 0.1) is 0 Å². The third kappa shape index (κ3) is 2.28. The zero-order chi connectivity index (χ0) is 13.2. The van der Waals surface area contributed by atoms with Gasteiger partial charge in [-0.25, -0.2) is 4.79 Å². The van der Waals surface area contributed by atoms with Gasteiger partial charge in [0.1, 0.15) is 5.54 Å². The number of carboxylic acid groups (broad SMARTS) is 1. The molecule has 0 spiro atoms. The van der Waals surface area contributed by atoms with Crippen LogP contribution in [0.5, 0.6) is 5.88 Å². The van der Waals surface area contributed by atoms with Crippen molar-refractivity contribution in [3.05, 3.63) is 11.8 Å². The molecular formula is C10H12N2O5S. The maximum atomic E-state index is 11.9. The van der Waals surface area contributed by atoms with Gasteiger partial charge in [0.25, 0.3) is 11.8 Å². The summed E-state index contributed by atoms with van der Waals surface area (Å²) in [5, 5.41) is 15.2. The topological polar surface area (TPSA) is 102 Å². The average Bonchev–Trinajstić information content (AvgIpc) is 2.97. The highest BCUT2D eigenvalue weighted by Gasteiger charge is 2.43. The van der Waals surface area contributed by atoms with Gasteiger partial charge < -0.3 is 19.7 Å². The summed E-state index contributed by atoms with van der Waals surface area (Å²) < 4.78 is 9.55. The smallest absolute Gasteiger partial charge is 0.330 e. The molecule has 2 heterocycles. The van der Waals surface area contributed by atoms with E-state index in [1.165, 1.54) is 24.9 Å². The molecule has 2 rings (SSSR count). The van der Waals surface area contributed by atoms with Crippen LogP contribution >= 0.6 is 11.8 Å². The van der Waals surface area contributed by atoms with Gasteiger partial charge in [0, 0.05) is 5.75 Å². The monoisotopic (exact) mass is 272 g/mol. The molecule has 8 heteroatoms. The number of carbonyl (C=O) groups is 2. The number of nitrogens with one attached hydrogen (secondary N) is 1. The number of nitrogens with zero attached hydrogens (tertiary/aromatic N) is 1. The van der Waals surface area contributed by atoms with Gasteiger partial charge in [-0.1, -0.05) is 0 Å². The van der Waals surface area contributed by atoms with E-state index in [9.17, 15) is 14.7 Å². The van der Waals surface area contributed by atoms with E-state index in [4.69, 9.17) is 9.26 Å². The van der Waals surface area contributed by atoms with Crippen molar-refractivity contribution in [1.29, 1.82) is 0 Å². The maximum absolute atomic E-state index is 11.9. The molecule has 7 nitrogen and oxygen atoms in total. The third-order valence-electron chi connectivity index (χ3n) is 2.71. The molecule has 2 N–H and O–H groups in total. The van der Waals surface area contributed by atoms with E-state index >= 15 is 0 Å². The second-order valence-electron chi connectivity index (χ2n) is 3.88. The molecule has 1 aliphatic rings. The van der Waals surface area contributed by atoms with Crippen LogP contribution in [0.3, 0.4) is 0 Å². The van der Waals surface area contributed by atoms with Gasteiger partial charge in [-0.15, -0.1) is 0 Å². The van der Waals surface area contributed by atoms with E-state index in [0.717, 1.165) is 0 Å². The Bertz CT molecular complexity index is 467. The molecule has 0 aromatic carbocycles. The molecule has 1 saturated heterocycles. The number of methoxy groups -OCH3 is 1. The van der Waals surface area contributed by atoms with Crippen LogP contribution in [-0.2, 0) is 4.79 Å². The Hall–Kier alpha value is -1.70. The van der Waals surface area contributed by atoms with Crippen LogP contribution in [0.15, 0.2) is 10.6 Å². The van der Waals surface area contributed by atoms with E-state index in [0.29, 0.717) is 17.9 Å². The van der Waals surface area contributed by atoms with Gasteiger partial charge in [0.05, 0.1) is 13.2 Å². The number of carbonyl (C=O) groups excluding carboxylic acids is 1. The molecule has 1 amide bonds. The van der Waals surface area contributed by atoms with Crippen LogP contribution in [0.25, 0.3) is 0 Å². The molecule has 1 atom stereocenters. The number of hydrogen-bond acceptors (Lipinski definition) is 6. The number of hydrogen-bond donors (Lipinski definition) is 2. The lowest BCUT2D eigenvalue weighted by Crippen LogP contribution is -2.54. The van der Waals surface area contributed by atoms with Gasteiger partial charge in [-0.3, -0.25) is 4.79 Å². The molecule has 1 unspecified atom stereocenters. The number of ether oxygens (including phenoxy) is 1. The molecule has 1 fully saturated rings. The van der Waals surface area contributed by atoms with E-state index in [-0.39, 0.29) is 11.6 Å². The van der Waals surface area contributed by atoms with Crippen LogP contribution in [0.4, 0.5) is 0 Å². The zero-order valence-electron chi connectivity index (χ0n) is 9.63. The number of amides is 1. The first-order valence-corrected chi connectivity index (χ1v) is 6.37. The van der Waals surface area contributed by atoms with E-state index < -0.39 is 17.4 Å². The Morgan fingerprint density at radius 3 is 2.94 bits per heavy atom. The Kier molecular flexibility index (Phi) is 3.46. The van der Waals surface area contributed by atoms with Gasteiger partial charge in [0.15, 0.2) is 0 Å². The van der Waals surface area contributed by atoms with E-state index in [1.54, 1.807) is 0 Å². The van der Waals surface area contributed by atoms with Crippen molar-refractivity contribution in [3.8, 4) is 5.88 Å². The number of rotatable bonds is 4. The van der Waals surface area contributed by atoms with Crippen LogP contribution in [-0.4, -0.2) is 46.3 Å². The van der Waals surface area contributed by atoms with Crippen LogP contribution in [0.2, 0.25) is 0 Å². The Balaban J connectivity index is 2.12. The summed E-state index contributed by atoms with van der Waals surface area (Å²) in [6, 6.07) is 1.31. The number of thioether (sulfide) groups is 1. The standard InChI is InChI=1S/C10H12N2O5S/c1-16-7-4-6(17-12-7)8(13)11-10(9(14)15)2-3-18-5-10/h4H,2-3,5H2,1H3,(H,11,13)(H,14,15). The number of aromatic nitrogens is 1. The largest absolute Gasteiger partial charge is 0.479 e. The summed E-state index contributed by atoms with van der Waals surface area (Å²) in [7, 11) is 1.39. The fraction of sp³-hybridized carbons (Fsp3) is 0.500. The summed E-state index contributed by atoms with van der Waals surface area (Å²) in [4.78, 5) is 23.1. The van der Waals surface area contributed by atoms with Crippen LogP contribution < -0.4 is 10.1 Å². The highest BCUT2D eigenvalue weighted by Crippen LogP contribution is 2.28. The van der Waals surface area contributed by atoms with Crippen molar-refractivity contribution in [2.75, 3.05) is 18.6 Å². The lowest BCUT2D eigenvalue weighted by atomic mass is 9.99. The van der Waals surface area contributed by atoms with Crippen molar-refractivity contribution in [2.24, 2.45) is 0 Å². The number of aliphatic carboxylic acids is 1. The van der Waals surface area contributed by atoms with Gasteiger partial charge in [-0.05, 0) is 17.3 Å². The predicted octanol–water partition coefficient (Wildman–Crippen LogP) is 0.373. The minimum Gasteiger partial charge on any atom is -0.479 e. The Morgan fingerprint density at radius 1 is 1.67 bits per heavy atom. The van der Waals surface area contributed by atoms with Crippen molar-refractivity contribution in [3.63, 3.8) is 0 Å². The van der Waals surface area contributed by atoms with Gasteiger partial charge >= 0.3 is 5.97 Å². The summed E-state index contributed by atoms with van der Waals surface area (Å²) in [5.74, 6) is -0.483. The van der Waals surface area contributed by atoms with Gasteiger partial charge in [-0.2, -0.15) is 11.8 Å². The summed E-state index contributed by atoms with van der Waals surface area (Å²) >= 11 is 1.49. The third-order valence-corrected chi connectivity index (χ3v) is 3.90. The normalized spacial score (nSPS) is 22.7. The van der Waals surface area contributed by atoms with Crippen LogP contribution in [0.1, 0.15) is 17.0 Å². The first-order valence-electron chi connectivity index (χ1n) is 5.22. The first-order chi connectivity index (χ1) is 8.57. The summed E-state index contributed by atoms with van der Waals surface area (Å²) in [5.41, 5.74) is -1.22. The Morgan fingerprint density at radius 2 is 2.44 bits per heavy atom.